The fourth-order valence-corrected chi connectivity index (χ4v) is 4.32. The summed E-state index contributed by atoms with van der Waals surface area (Å²) in [5.41, 5.74) is 0. The maximum absolute atomic E-state index is 3.53. The molecule has 1 aromatic heterocycles. The van der Waals surface area contributed by atoms with E-state index in [4.69, 9.17) is 0 Å². The Labute approximate surface area is 117 Å². The highest BCUT2D eigenvalue weighted by molar-refractivity contribution is 9.10. The Kier molecular flexibility index (Phi) is 5.07. The molecule has 1 aliphatic rings. The molecule has 17 heavy (non-hydrogen) atoms. The molecule has 0 unspecified atom stereocenters. The molecule has 1 aliphatic carbocycles. The number of hydrogen-bond donors (Lipinski definition) is 0. The highest BCUT2D eigenvalue weighted by Crippen LogP contribution is 2.30. The molecule has 1 saturated carbocycles. The molecular formula is C14H22BrNS. The summed E-state index contributed by atoms with van der Waals surface area (Å²) in [6, 6.07) is 3.05. The van der Waals surface area contributed by atoms with Gasteiger partial charge in [-0.2, -0.15) is 0 Å². The second-order valence-electron chi connectivity index (χ2n) is 5.23. The standard InChI is InChI=1S/C14H22BrNS/c1-3-11-4-6-13(7-5-11)16(2)9-14-8-12(15)10-17-14/h8,10-11,13H,3-7,9H2,1-2H3. The van der Waals surface area contributed by atoms with Crippen molar-refractivity contribution >= 4 is 27.3 Å². The average molecular weight is 316 g/mol. The minimum atomic E-state index is 0.804. The van der Waals surface area contributed by atoms with Crippen molar-refractivity contribution in [3.8, 4) is 0 Å². The number of hydrogen-bond acceptors (Lipinski definition) is 2. The van der Waals surface area contributed by atoms with Crippen LogP contribution in [0.5, 0.6) is 0 Å². The van der Waals surface area contributed by atoms with Gasteiger partial charge in [0.1, 0.15) is 0 Å². The number of halogens is 1. The van der Waals surface area contributed by atoms with E-state index >= 15 is 0 Å². The Morgan fingerprint density at radius 3 is 2.59 bits per heavy atom. The van der Waals surface area contributed by atoms with Gasteiger partial charge in [0.05, 0.1) is 0 Å². The lowest BCUT2D eigenvalue weighted by atomic mass is 9.84. The van der Waals surface area contributed by atoms with E-state index in [9.17, 15) is 0 Å². The van der Waals surface area contributed by atoms with Gasteiger partial charge in [0, 0.05) is 27.3 Å². The molecule has 0 amide bonds. The maximum atomic E-state index is 3.53. The van der Waals surface area contributed by atoms with Crippen LogP contribution in [0.15, 0.2) is 15.9 Å². The third-order valence-corrected chi connectivity index (χ3v) is 5.73. The molecule has 3 heteroatoms. The van der Waals surface area contributed by atoms with Gasteiger partial charge in [-0.1, -0.05) is 13.3 Å². The van der Waals surface area contributed by atoms with Crippen LogP contribution in [-0.2, 0) is 6.54 Å². The number of nitrogens with zero attached hydrogens (tertiary/aromatic N) is 1. The van der Waals surface area contributed by atoms with E-state index < -0.39 is 0 Å². The van der Waals surface area contributed by atoms with E-state index in [1.54, 1.807) is 0 Å². The van der Waals surface area contributed by atoms with Gasteiger partial charge >= 0.3 is 0 Å². The zero-order chi connectivity index (χ0) is 12.3. The van der Waals surface area contributed by atoms with E-state index in [0.717, 1.165) is 18.5 Å². The fourth-order valence-electron chi connectivity index (χ4n) is 2.81. The highest BCUT2D eigenvalue weighted by Gasteiger charge is 2.23. The van der Waals surface area contributed by atoms with Crippen LogP contribution in [0.1, 0.15) is 43.9 Å². The summed E-state index contributed by atoms with van der Waals surface area (Å²) in [6.45, 7) is 3.44. The molecular weight excluding hydrogens is 294 g/mol. The van der Waals surface area contributed by atoms with Crippen LogP contribution in [-0.4, -0.2) is 18.0 Å². The Hall–Kier alpha value is 0.140. The first-order valence-electron chi connectivity index (χ1n) is 6.62. The van der Waals surface area contributed by atoms with Crippen molar-refractivity contribution in [3.05, 3.63) is 20.8 Å². The molecule has 96 valence electrons. The summed E-state index contributed by atoms with van der Waals surface area (Å²) in [5, 5.41) is 2.18. The molecule has 0 aromatic carbocycles. The number of thiophene rings is 1. The molecule has 1 heterocycles. The predicted molar refractivity (Wildman–Crippen MR) is 79.5 cm³/mol. The molecule has 0 radical (unpaired) electrons. The Morgan fingerprint density at radius 2 is 2.06 bits per heavy atom. The van der Waals surface area contributed by atoms with Gasteiger partial charge in [-0.05, 0) is 60.6 Å². The third-order valence-electron chi connectivity index (χ3n) is 4.04. The van der Waals surface area contributed by atoms with Crippen LogP contribution in [0.3, 0.4) is 0 Å². The molecule has 1 nitrogen and oxygen atoms in total. The Morgan fingerprint density at radius 1 is 1.35 bits per heavy atom. The van der Waals surface area contributed by atoms with Gasteiger partial charge in [-0.3, -0.25) is 4.90 Å². The summed E-state index contributed by atoms with van der Waals surface area (Å²) in [6.07, 6.45) is 7.01. The van der Waals surface area contributed by atoms with E-state index in [2.05, 4.69) is 46.2 Å². The molecule has 0 N–H and O–H groups in total. The molecule has 0 spiro atoms. The van der Waals surface area contributed by atoms with Crippen LogP contribution in [0.2, 0.25) is 0 Å². The Balaban J connectivity index is 1.82. The van der Waals surface area contributed by atoms with Crippen molar-refractivity contribution < 1.29 is 0 Å². The van der Waals surface area contributed by atoms with Gasteiger partial charge in [0.15, 0.2) is 0 Å². The van der Waals surface area contributed by atoms with E-state index in [0.29, 0.717) is 0 Å². The summed E-state index contributed by atoms with van der Waals surface area (Å²) in [5.74, 6) is 0.996. The molecule has 0 aliphatic heterocycles. The number of rotatable bonds is 4. The van der Waals surface area contributed by atoms with Crippen LogP contribution in [0.25, 0.3) is 0 Å². The minimum absolute atomic E-state index is 0.804. The summed E-state index contributed by atoms with van der Waals surface area (Å²) >= 11 is 5.39. The summed E-state index contributed by atoms with van der Waals surface area (Å²) < 4.78 is 1.22. The van der Waals surface area contributed by atoms with E-state index in [1.807, 2.05) is 11.3 Å². The lowest BCUT2D eigenvalue weighted by Gasteiger charge is -2.34. The van der Waals surface area contributed by atoms with Crippen molar-refractivity contribution in [2.24, 2.45) is 5.92 Å². The smallest absolute Gasteiger partial charge is 0.0328 e. The van der Waals surface area contributed by atoms with E-state index in [-0.39, 0.29) is 0 Å². The van der Waals surface area contributed by atoms with E-state index in [1.165, 1.54) is 41.5 Å². The summed E-state index contributed by atoms with van der Waals surface area (Å²) in [7, 11) is 2.28. The van der Waals surface area contributed by atoms with Crippen molar-refractivity contribution in [2.75, 3.05) is 7.05 Å². The van der Waals surface area contributed by atoms with Gasteiger partial charge in [-0.15, -0.1) is 11.3 Å². The van der Waals surface area contributed by atoms with Gasteiger partial charge in [0.25, 0.3) is 0 Å². The first-order chi connectivity index (χ1) is 8.19. The highest BCUT2D eigenvalue weighted by atomic mass is 79.9. The molecule has 1 fully saturated rings. The zero-order valence-electron chi connectivity index (χ0n) is 10.8. The lowest BCUT2D eigenvalue weighted by molar-refractivity contribution is 0.158. The average Bonchev–Trinajstić information content (AvgIpc) is 2.75. The maximum Gasteiger partial charge on any atom is 0.0328 e. The van der Waals surface area contributed by atoms with Crippen LogP contribution in [0, 0.1) is 5.92 Å². The molecule has 0 bridgehead atoms. The van der Waals surface area contributed by atoms with Crippen molar-refractivity contribution in [3.63, 3.8) is 0 Å². The van der Waals surface area contributed by atoms with Gasteiger partial charge < -0.3 is 0 Å². The van der Waals surface area contributed by atoms with Gasteiger partial charge in [-0.25, -0.2) is 0 Å². The van der Waals surface area contributed by atoms with Crippen molar-refractivity contribution in [1.29, 1.82) is 0 Å². The monoisotopic (exact) mass is 315 g/mol. The second kappa shape index (κ2) is 6.35. The zero-order valence-corrected chi connectivity index (χ0v) is 13.2. The van der Waals surface area contributed by atoms with Gasteiger partial charge in [0.2, 0.25) is 0 Å². The first-order valence-corrected chi connectivity index (χ1v) is 8.29. The Bertz CT molecular complexity index is 342. The topological polar surface area (TPSA) is 3.24 Å². The van der Waals surface area contributed by atoms with Crippen molar-refractivity contribution in [2.45, 2.75) is 51.6 Å². The quantitative estimate of drug-likeness (QED) is 0.763. The summed E-state index contributed by atoms with van der Waals surface area (Å²) in [4.78, 5) is 4.02. The van der Waals surface area contributed by atoms with Crippen LogP contribution >= 0.6 is 27.3 Å². The lowest BCUT2D eigenvalue weighted by Crippen LogP contribution is -2.34. The first kappa shape index (κ1) is 13.6. The fraction of sp³-hybridized carbons (Fsp3) is 0.714. The van der Waals surface area contributed by atoms with Crippen LogP contribution in [0.4, 0.5) is 0 Å². The predicted octanol–water partition coefficient (Wildman–Crippen LogP) is 4.91. The second-order valence-corrected chi connectivity index (χ2v) is 7.14. The molecule has 0 atom stereocenters. The normalized spacial score (nSPS) is 25.4. The van der Waals surface area contributed by atoms with Crippen molar-refractivity contribution in [1.82, 2.24) is 4.90 Å². The minimum Gasteiger partial charge on any atom is -0.298 e. The largest absolute Gasteiger partial charge is 0.298 e. The SMILES string of the molecule is CCC1CCC(N(C)Cc2cc(Br)cs2)CC1. The molecule has 1 aromatic rings. The molecule has 2 rings (SSSR count). The third kappa shape index (κ3) is 3.80. The van der Waals surface area contributed by atoms with Crippen LogP contribution < -0.4 is 0 Å². The molecule has 0 saturated heterocycles.